The van der Waals surface area contributed by atoms with Crippen LogP contribution in [0.15, 0.2) is 60.1 Å². The van der Waals surface area contributed by atoms with Gasteiger partial charge in [-0.05, 0) is 46.1 Å². The molecule has 1 aromatic carbocycles. The van der Waals surface area contributed by atoms with Crippen LogP contribution in [0.5, 0.6) is 0 Å². The maximum Gasteiger partial charge on any atom is 0.272 e. The first-order chi connectivity index (χ1) is 12.7. The standard InChI is InChI=1S/C18H16N6OS/c1-23-17(20-21-22-23)13-5-2-6-14(11-13)19-18(25)16-8-3-9-24(16)12-15-7-4-10-26-15/h2-11H,12H2,1H3,(H,19,25). The lowest BCUT2D eigenvalue weighted by Crippen LogP contribution is -2.17. The minimum atomic E-state index is -0.153. The number of hydrogen-bond donors (Lipinski definition) is 1. The van der Waals surface area contributed by atoms with E-state index >= 15 is 0 Å². The number of rotatable bonds is 5. The molecule has 0 saturated heterocycles. The van der Waals surface area contributed by atoms with E-state index in [4.69, 9.17) is 0 Å². The van der Waals surface area contributed by atoms with Gasteiger partial charge in [-0.15, -0.1) is 16.4 Å². The van der Waals surface area contributed by atoms with Crippen LogP contribution in [0.25, 0.3) is 11.4 Å². The van der Waals surface area contributed by atoms with Crippen LogP contribution in [-0.2, 0) is 13.6 Å². The molecule has 0 saturated carbocycles. The van der Waals surface area contributed by atoms with E-state index in [1.807, 2.05) is 58.6 Å². The summed E-state index contributed by atoms with van der Waals surface area (Å²) in [6, 6.07) is 15.2. The van der Waals surface area contributed by atoms with Crippen LogP contribution in [0.2, 0.25) is 0 Å². The molecule has 0 aliphatic rings. The van der Waals surface area contributed by atoms with Crippen molar-refractivity contribution in [1.29, 1.82) is 0 Å². The number of anilines is 1. The Balaban J connectivity index is 1.54. The monoisotopic (exact) mass is 364 g/mol. The van der Waals surface area contributed by atoms with E-state index in [-0.39, 0.29) is 5.91 Å². The molecule has 3 heterocycles. The van der Waals surface area contributed by atoms with Gasteiger partial charge >= 0.3 is 0 Å². The van der Waals surface area contributed by atoms with Crippen molar-refractivity contribution in [2.75, 3.05) is 5.32 Å². The highest BCUT2D eigenvalue weighted by molar-refractivity contribution is 7.09. The molecule has 0 atom stereocenters. The molecule has 0 radical (unpaired) electrons. The van der Waals surface area contributed by atoms with Crippen LogP contribution in [0.4, 0.5) is 5.69 Å². The third kappa shape index (κ3) is 3.27. The minimum Gasteiger partial charge on any atom is -0.338 e. The highest BCUT2D eigenvalue weighted by atomic mass is 32.1. The summed E-state index contributed by atoms with van der Waals surface area (Å²) >= 11 is 1.67. The Labute approximate surface area is 153 Å². The lowest BCUT2D eigenvalue weighted by atomic mass is 10.2. The van der Waals surface area contributed by atoms with Crippen LogP contribution in [0, 0.1) is 0 Å². The molecule has 0 aliphatic heterocycles. The molecular weight excluding hydrogens is 348 g/mol. The van der Waals surface area contributed by atoms with Crippen molar-refractivity contribution >= 4 is 22.9 Å². The number of carbonyl (C=O) groups excluding carboxylic acids is 1. The number of tetrazole rings is 1. The molecule has 0 aliphatic carbocycles. The second kappa shape index (κ2) is 6.93. The molecule has 0 bridgehead atoms. The molecule has 3 aromatic heterocycles. The Morgan fingerprint density at radius 1 is 1.19 bits per heavy atom. The molecule has 130 valence electrons. The summed E-state index contributed by atoms with van der Waals surface area (Å²) in [5, 5.41) is 16.5. The molecule has 1 N–H and O–H groups in total. The highest BCUT2D eigenvalue weighted by Crippen LogP contribution is 2.20. The fourth-order valence-electron chi connectivity index (χ4n) is 2.73. The average molecular weight is 364 g/mol. The lowest BCUT2D eigenvalue weighted by molar-refractivity contribution is 0.101. The predicted molar refractivity (Wildman–Crippen MR) is 100 cm³/mol. The number of aromatic nitrogens is 5. The Bertz CT molecular complexity index is 1030. The zero-order valence-electron chi connectivity index (χ0n) is 14.0. The van der Waals surface area contributed by atoms with Crippen molar-refractivity contribution in [3.05, 3.63) is 70.7 Å². The van der Waals surface area contributed by atoms with Gasteiger partial charge in [0.05, 0.1) is 6.54 Å². The van der Waals surface area contributed by atoms with Gasteiger partial charge < -0.3 is 9.88 Å². The highest BCUT2D eigenvalue weighted by Gasteiger charge is 2.13. The second-order valence-electron chi connectivity index (χ2n) is 5.76. The van der Waals surface area contributed by atoms with Crippen molar-refractivity contribution in [2.45, 2.75) is 6.54 Å². The smallest absolute Gasteiger partial charge is 0.272 e. The van der Waals surface area contributed by atoms with E-state index in [9.17, 15) is 4.79 Å². The second-order valence-corrected chi connectivity index (χ2v) is 6.79. The summed E-state index contributed by atoms with van der Waals surface area (Å²) in [6.45, 7) is 0.679. The van der Waals surface area contributed by atoms with Crippen molar-refractivity contribution in [1.82, 2.24) is 24.8 Å². The van der Waals surface area contributed by atoms with Gasteiger partial charge in [0.2, 0.25) is 0 Å². The van der Waals surface area contributed by atoms with Crippen molar-refractivity contribution in [2.24, 2.45) is 7.05 Å². The summed E-state index contributed by atoms with van der Waals surface area (Å²) in [5.74, 6) is 0.488. The third-order valence-corrected chi connectivity index (χ3v) is 4.83. The summed E-state index contributed by atoms with van der Waals surface area (Å²) in [7, 11) is 1.78. The van der Waals surface area contributed by atoms with Gasteiger partial charge in [0.15, 0.2) is 5.82 Å². The van der Waals surface area contributed by atoms with Gasteiger partial charge in [0.1, 0.15) is 5.69 Å². The summed E-state index contributed by atoms with van der Waals surface area (Å²) in [4.78, 5) is 13.9. The predicted octanol–water partition coefficient (Wildman–Crippen LogP) is 3.04. The Hall–Kier alpha value is -3.26. The number of nitrogens with one attached hydrogen (secondary N) is 1. The fourth-order valence-corrected chi connectivity index (χ4v) is 3.44. The topological polar surface area (TPSA) is 77.6 Å². The van der Waals surface area contributed by atoms with Gasteiger partial charge in [-0.2, -0.15) is 0 Å². The Morgan fingerprint density at radius 3 is 2.88 bits per heavy atom. The van der Waals surface area contributed by atoms with Crippen LogP contribution in [0.3, 0.4) is 0 Å². The van der Waals surface area contributed by atoms with Crippen molar-refractivity contribution in [3.63, 3.8) is 0 Å². The number of amides is 1. The third-order valence-electron chi connectivity index (χ3n) is 3.97. The lowest BCUT2D eigenvalue weighted by Gasteiger charge is -2.10. The first-order valence-corrected chi connectivity index (χ1v) is 8.90. The first kappa shape index (κ1) is 16.2. The molecule has 1 amide bonds. The van der Waals surface area contributed by atoms with Gasteiger partial charge in [-0.25, -0.2) is 4.68 Å². The van der Waals surface area contributed by atoms with E-state index in [0.29, 0.717) is 23.8 Å². The van der Waals surface area contributed by atoms with Crippen LogP contribution in [0.1, 0.15) is 15.4 Å². The SMILES string of the molecule is Cn1nnnc1-c1cccc(NC(=O)c2cccn2Cc2cccs2)c1. The molecular formula is C18H16N6OS. The number of benzene rings is 1. The number of aryl methyl sites for hydroxylation is 1. The summed E-state index contributed by atoms with van der Waals surface area (Å²) in [6.07, 6.45) is 1.91. The van der Waals surface area contributed by atoms with E-state index < -0.39 is 0 Å². The van der Waals surface area contributed by atoms with Crippen LogP contribution >= 0.6 is 11.3 Å². The molecule has 0 unspecified atom stereocenters. The van der Waals surface area contributed by atoms with Crippen LogP contribution < -0.4 is 5.32 Å². The van der Waals surface area contributed by atoms with Crippen LogP contribution in [-0.4, -0.2) is 30.7 Å². The molecule has 4 rings (SSSR count). The van der Waals surface area contributed by atoms with E-state index in [0.717, 1.165) is 5.56 Å². The van der Waals surface area contributed by atoms with E-state index in [1.165, 1.54) is 4.88 Å². The maximum absolute atomic E-state index is 12.7. The Kier molecular flexibility index (Phi) is 4.32. The Morgan fingerprint density at radius 2 is 2.12 bits per heavy atom. The van der Waals surface area contributed by atoms with Crippen molar-refractivity contribution in [3.8, 4) is 11.4 Å². The van der Waals surface area contributed by atoms with Gasteiger partial charge in [-0.1, -0.05) is 18.2 Å². The zero-order chi connectivity index (χ0) is 17.9. The number of nitrogens with zero attached hydrogens (tertiary/aromatic N) is 5. The van der Waals surface area contributed by atoms with Gasteiger partial charge in [0, 0.05) is 29.4 Å². The van der Waals surface area contributed by atoms with E-state index in [1.54, 1.807) is 23.1 Å². The first-order valence-electron chi connectivity index (χ1n) is 8.02. The average Bonchev–Trinajstić information content (AvgIpc) is 3.37. The maximum atomic E-state index is 12.7. The van der Waals surface area contributed by atoms with Gasteiger partial charge in [0.25, 0.3) is 5.91 Å². The zero-order valence-corrected chi connectivity index (χ0v) is 14.8. The fraction of sp³-hybridized carbons (Fsp3) is 0.111. The molecule has 26 heavy (non-hydrogen) atoms. The molecule has 0 fully saturated rings. The normalized spacial score (nSPS) is 10.8. The summed E-state index contributed by atoms with van der Waals surface area (Å²) in [5.41, 5.74) is 2.15. The van der Waals surface area contributed by atoms with Gasteiger partial charge in [-0.3, -0.25) is 4.79 Å². The molecule has 8 heteroatoms. The van der Waals surface area contributed by atoms with Crippen molar-refractivity contribution < 1.29 is 4.79 Å². The van der Waals surface area contributed by atoms with E-state index in [2.05, 4.69) is 26.9 Å². The number of carbonyl (C=O) groups is 1. The molecule has 7 nitrogen and oxygen atoms in total. The minimum absolute atomic E-state index is 0.153. The summed E-state index contributed by atoms with van der Waals surface area (Å²) < 4.78 is 3.53. The molecule has 4 aromatic rings. The molecule has 0 spiro atoms. The number of thiophene rings is 1. The number of hydrogen-bond acceptors (Lipinski definition) is 5. The largest absolute Gasteiger partial charge is 0.338 e. The quantitative estimate of drug-likeness (QED) is 0.590.